The van der Waals surface area contributed by atoms with Crippen LogP contribution in [0.2, 0.25) is 0 Å². The molecule has 0 aliphatic heterocycles. The minimum atomic E-state index is -0.708. The van der Waals surface area contributed by atoms with Gasteiger partial charge in [-0.15, -0.1) is 11.6 Å². The fraction of sp³-hybridized carbons (Fsp3) is 0.462. The Bertz CT molecular complexity index is 349. The molecular weight excluding hydrogens is 224 g/mol. The SMILES string of the molecule is C=C/C(=C\C=C(/CC)C1(C(=O)O)CC1)CCl. The first-order chi connectivity index (χ1) is 7.60. The van der Waals surface area contributed by atoms with E-state index in [0.29, 0.717) is 5.88 Å². The molecule has 1 aliphatic carbocycles. The average Bonchev–Trinajstić information content (AvgIpc) is 3.06. The second kappa shape index (κ2) is 5.35. The molecule has 1 fully saturated rings. The van der Waals surface area contributed by atoms with E-state index in [1.54, 1.807) is 6.08 Å². The van der Waals surface area contributed by atoms with Gasteiger partial charge >= 0.3 is 5.97 Å². The highest BCUT2D eigenvalue weighted by Gasteiger charge is 2.52. The maximum absolute atomic E-state index is 11.2. The minimum Gasteiger partial charge on any atom is -0.481 e. The van der Waals surface area contributed by atoms with Crippen molar-refractivity contribution in [1.29, 1.82) is 0 Å². The van der Waals surface area contributed by atoms with Crippen molar-refractivity contribution in [2.24, 2.45) is 5.41 Å². The Labute approximate surface area is 101 Å². The molecule has 1 N–H and O–H groups in total. The van der Waals surface area contributed by atoms with Crippen LogP contribution in [0.25, 0.3) is 0 Å². The van der Waals surface area contributed by atoms with Gasteiger partial charge in [0.2, 0.25) is 0 Å². The van der Waals surface area contributed by atoms with Gasteiger partial charge < -0.3 is 5.11 Å². The first kappa shape index (κ1) is 13.0. The Morgan fingerprint density at radius 1 is 1.50 bits per heavy atom. The van der Waals surface area contributed by atoms with Crippen LogP contribution in [0.5, 0.6) is 0 Å². The molecule has 0 spiro atoms. The number of carboxylic acids is 1. The van der Waals surface area contributed by atoms with Crippen LogP contribution < -0.4 is 0 Å². The van der Waals surface area contributed by atoms with E-state index in [-0.39, 0.29) is 0 Å². The molecule has 1 saturated carbocycles. The number of halogens is 1. The quantitative estimate of drug-likeness (QED) is 0.570. The van der Waals surface area contributed by atoms with Crippen molar-refractivity contribution < 1.29 is 9.90 Å². The Balaban J connectivity index is 2.91. The summed E-state index contributed by atoms with van der Waals surface area (Å²) in [6.45, 7) is 5.63. The molecule has 0 amide bonds. The van der Waals surface area contributed by atoms with Gasteiger partial charge in [0.1, 0.15) is 0 Å². The molecule has 0 radical (unpaired) electrons. The predicted octanol–water partition coefficient (Wildman–Crippen LogP) is 3.54. The summed E-state index contributed by atoms with van der Waals surface area (Å²) in [6.07, 6.45) is 7.70. The molecule has 0 aromatic rings. The zero-order valence-electron chi connectivity index (χ0n) is 9.50. The van der Waals surface area contributed by atoms with E-state index in [4.69, 9.17) is 11.6 Å². The summed E-state index contributed by atoms with van der Waals surface area (Å²) in [4.78, 5) is 11.2. The Hall–Kier alpha value is -1.02. The van der Waals surface area contributed by atoms with Crippen molar-refractivity contribution in [3.63, 3.8) is 0 Å². The molecular formula is C13H17ClO2. The molecule has 1 rings (SSSR count). The van der Waals surface area contributed by atoms with Gasteiger partial charge in [-0.3, -0.25) is 4.79 Å². The molecule has 1 aliphatic rings. The van der Waals surface area contributed by atoms with Gasteiger partial charge in [0, 0.05) is 5.88 Å². The van der Waals surface area contributed by atoms with Gasteiger partial charge in [0.05, 0.1) is 5.41 Å². The maximum Gasteiger partial charge on any atom is 0.313 e. The second-order valence-corrected chi connectivity index (χ2v) is 4.28. The van der Waals surface area contributed by atoms with Crippen molar-refractivity contribution in [3.8, 4) is 0 Å². The number of hydrogen-bond acceptors (Lipinski definition) is 1. The van der Waals surface area contributed by atoms with Crippen LogP contribution in [0, 0.1) is 5.41 Å². The van der Waals surface area contributed by atoms with Crippen molar-refractivity contribution >= 4 is 17.6 Å². The fourth-order valence-corrected chi connectivity index (χ4v) is 1.99. The largest absolute Gasteiger partial charge is 0.481 e. The standard InChI is InChI=1S/C13H17ClO2/c1-3-10(9-14)5-6-11(4-2)13(7-8-13)12(15)16/h3,5-6H,1,4,7-9H2,2H3,(H,15,16)/b10-5+,11-6+. The summed E-state index contributed by atoms with van der Waals surface area (Å²) >= 11 is 5.70. The Kier molecular flexibility index (Phi) is 4.36. The van der Waals surface area contributed by atoms with E-state index in [9.17, 15) is 9.90 Å². The second-order valence-electron chi connectivity index (χ2n) is 4.01. The molecule has 0 aromatic heterocycles. The Morgan fingerprint density at radius 3 is 2.44 bits per heavy atom. The average molecular weight is 241 g/mol. The van der Waals surface area contributed by atoms with E-state index < -0.39 is 11.4 Å². The molecule has 0 unspecified atom stereocenters. The molecule has 0 saturated heterocycles. The fourth-order valence-electron chi connectivity index (χ4n) is 1.79. The van der Waals surface area contributed by atoms with E-state index >= 15 is 0 Å². The van der Waals surface area contributed by atoms with Crippen molar-refractivity contribution in [2.75, 3.05) is 5.88 Å². The zero-order valence-corrected chi connectivity index (χ0v) is 10.3. The Morgan fingerprint density at radius 2 is 2.12 bits per heavy atom. The summed E-state index contributed by atoms with van der Waals surface area (Å²) in [5.74, 6) is -0.308. The van der Waals surface area contributed by atoms with Crippen molar-refractivity contribution in [3.05, 3.63) is 36.0 Å². The van der Waals surface area contributed by atoms with Crippen molar-refractivity contribution in [2.45, 2.75) is 26.2 Å². The summed E-state index contributed by atoms with van der Waals surface area (Å²) in [5.41, 5.74) is 1.29. The van der Waals surface area contributed by atoms with Crippen molar-refractivity contribution in [1.82, 2.24) is 0 Å². The third-order valence-electron chi connectivity index (χ3n) is 3.07. The van der Waals surface area contributed by atoms with E-state index in [0.717, 1.165) is 30.4 Å². The van der Waals surface area contributed by atoms with Gasteiger partial charge in [-0.1, -0.05) is 37.3 Å². The topological polar surface area (TPSA) is 37.3 Å². The summed E-state index contributed by atoms with van der Waals surface area (Å²) < 4.78 is 0. The third-order valence-corrected chi connectivity index (χ3v) is 3.38. The van der Waals surface area contributed by atoms with Crippen LogP contribution in [-0.2, 0) is 4.79 Å². The minimum absolute atomic E-state index is 0.400. The number of aliphatic carboxylic acids is 1. The number of carbonyl (C=O) groups is 1. The lowest BCUT2D eigenvalue weighted by Gasteiger charge is -2.12. The molecule has 88 valence electrons. The van der Waals surface area contributed by atoms with Crippen LogP contribution >= 0.6 is 11.6 Å². The number of hydrogen-bond donors (Lipinski definition) is 1. The number of rotatable bonds is 6. The normalized spacial score (nSPS) is 19.4. The van der Waals surface area contributed by atoms with Gasteiger partial charge in [-0.05, 0) is 24.8 Å². The van der Waals surface area contributed by atoms with Crippen LogP contribution in [-0.4, -0.2) is 17.0 Å². The number of carboxylic acid groups (broad SMARTS) is 1. The molecule has 0 bridgehead atoms. The van der Waals surface area contributed by atoms with Crippen LogP contribution in [0.3, 0.4) is 0 Å². The lowest BCUT2D eigenvalue weighted by Crippen LogP contribution is -2.17. The molecule has 0 aromatic carbocycles. The maximum atomic E-state index is 11.2. The van der Waals surface area contributed by atoms with Gasteiger partial charge in [-0.2, -0.15) is 0 Å². The first-order valence-electron chi connectivity index (χ1n) is 5.42. The monoisotopic (exact) mass is 240 g/mol. The first-order valence-corrected chi connectivity index (χ1v) is 5.96. The highest BCUT2D eigenvalue weighted by molar-refractivity contribution is 6.19. The lowest BCUT2D eigenvalue weighted by atomic mass is 9.93. The molecule has 0 atom stereocenters. The number of alkyl halides is 1. The van der Waals surface area contributed by atoms with Gasteiger partial charge in [0.15, 0.2) is 0 Å². The molecule has 2 nitrogen and oxygen atoms in total. The lowest BCUT2D eigenvalue weighted by molar-refractivity contribution is -0.141. The summed E-state index contributed by atoms with van der Waals surface area (Å²) in [5, 5.41) is 9.18. The van der Waals surface area contributed by atoms with E-state index in [2.05, 4.69) is 6.58 Å². The van der Waals surface area contributed by atoms with Crippen LogP contribution in [0.1, 0.15) is 26.2 Å². The zero-order chi connectivity index (χ0) is 12.2. The van der Waals surface area contributed by atoms with Gasteiger partial charge in [-0.25, -0.2) is 0 Å². The highest BCUT2D eigenvalue weighted by atomic mass is 35.5. The van der Waals surface area contributed by atoms with Crippen LogP contribution in [0.4, 0.5) is 0 Å². The molecule has 0 heterocycles. The number of allylic oxidation sites excluding steroid dienone is 4. The van der Waals surface area contributed by atoms with E-state index in [1.165, 1.54) is 0 Å². The summed E-state index contributed by atoms with van der Waals surface area (Å²) in [6, 6.07) is 0. The molecule has 3 heteroatoms. The smallest absolute Gasteiger partial charge is 0.313 e. The third kappa shape index (κ3) is 2.56. The summed E-state index contributed by atoms with van der Waals surface area (Å²) in [7, 11) is 0. The predicted molar refractivity (Wildman–Crippen MR) is 66.7 cm³/mol. The molecule has 16 heavy (non-hydrogen) atoms. The van der Waals surface area contributed by atoms with E-state index in [1.807, 2.05) is 19.1 Å². The highest BCUT2D eigenvalue weighted by Crippen LogP contribution is 2.53. The van der Waals surface area contributed by atoms with Gasteiger partial charge in [0.25, 0.3) is 0 Å². The van der Waals surface area contributed by atoms with Crippen LogP contribution in [0.15, 0.2) is 36.0 Å².